The number of nitrogens with zero attached hydrogens (tertiary/aromatic N) is 1. The molecular formula is C17H18N4O3. The molecule has 0 spiro atoms. The summed E-state index contributed by atoms with van der Waals surface area (Å²) in [4.78, 5) is 40.5. The lowest BCUT2D eigenvalue weighted by molar-refractivity contribution is -0.134. The van der Waals surface area contributed by atoms with Crippen molar-refractivity contribution in [1.29, 1.82) is 0 Å². The van der Waals surface area contributed by atoms with Gasteiger partial charge in [0.05, 0.1) is 6.42 Å². The maximum Gasteiger partial charge on any atom is 0.322 e. The van der Waals surface area contributed by atoms with Crippen LogP contribution in [-0.2, 0) is 22.6 Å². The smallest absolute Gasteiger partial charge is 0.322 e. The molecule has 7 nitrogen and oxygen atoms in total. The predicted molar refractivity (Wildman–Crippen MR) is 87.2 cm³/mol. The second-order valence-corrected chi connectivity index (χ2v) is 6.42. The van der Waals surface area contributed by atoms with E-state index in [4.69, 9.17) is 0 Å². The minimum absolute atomic E-state index is 0.00566. The summed E-state index contributed by atoms with van der Waals surface area (Å²) in [6.45, 7) is 3.19. The van der Waals surface area contributed by atoms with Gasteiger partial charge in [0.15, 0.2) is 0 Å². The molecule has 0 unspecified atom stereocenters. The number of hydrogen-bond acceptors (Lipinski definition) is 3. The highest BCUT2D eigenvalue weighted by Gasteiger charge is 2.33. The average molecular weight is 326 g/mol. The van der Waals surface area contributed by atoms with E-state index in [0.717, 1.165) is 22.9 Å². The van der Waals surface area contributed by atoms with Crippen LogP contribution in [0.4, 0.5) is 4.79 Å². The molecule has 1 fully saturated rings. The molecule has 0 aliphatic carbocycles. The summed E-state index contributed by atoms with van der Waals surface area (Å²) in [6.07, 6.45) is 0.756. The summed E-state index contributed by atoms with van der Waals surface area (Å²) in [6, 6.07) is 4.95. The first-order chi connectivity index (χ1) is 11.5. The van der Waals surface area contributed by atoms with Gasteiger partial charge in [0, 0.05) is 41.7 Å². The number of carbonyl (C=O) groups is 3. The Balaban J connectivity index is 1.54. The van der Waals surface area contributed by atoms with Crippen molar-refractivity contribution in [3.05, 3.63) is 35.0 Å². The molecule has 124 valence electrons. The third-order valence-electron chi connectivity index (χ3n) is 4.72. The highest BCUT2D eigenvalue weighted by Crippen LogP contribution is 2.28. The number of imide groups is 1. The second-order valence-electron chi connectivity index (χ2n) is 6.42. The third-order valence-corrected chi connectivity index (χ3v) is 4.72. The van der Waals surface area contributed by atoms with Crippen molar-refractivity contribution in [2.75, 3.05) is 6.54 Å². The fourth-order valence-electron chi connectivity index (χ4n) is 3.45. The van der Waals surface area contributed by atoms with Gasteiger partial charge < -0.3 is 15.2 Å². The largest absolute Gasteiger partial charge is 0.358 e. The topological polar surface area (TPSA) is 94.3 Å². The van der Waals surface area contributed by atoms with Crippen LogP contribution in [0.15, 0.2) is 18.2 Å². The summed E-state index contributed by atoms with van der Waals surface area (Å²) in [5.41, 5.74) is 4.58. The van der Waals surface area contributed by atoms with Crippen molar-refractivity contribution < 1.29 is 14.4 Å². The zero-order valence-electron chi connectivity index (χ0n) is 13.3. The van der Waals surface area contributed by atoms with Crippen LogP contribution in [0.25, 0.3) is 10.9 Å². The molecule has 1 saturated heterocycles. The van der Waals surface area contributed by atoms with E-state index >= 15 is 0 Å². The molecule has 1 atom stereocenters. The lowest BCUT2D eigenvalue weighted by atomic mass is 10.0. The van der Waals surface area contributed by atoms with Gasteiger partial charge >= 0.3 is 6.03 Å². The van der Waals surface area contributed by atoms with E-state index in [0.29, 0.717) is 13.1 Å². The minimum Gasteiger partial charge on any atom is -0.358 e. The van der Waals surface area contributed by atoms with Gasteiger partial charge in [-0.3, -0.25) is 14.9 Å². The monoisotopic (exact) mass is 326 g/mol. The number of urea groups is 1. The highest BCUT2D eigenvalue weighted by atomic mass is 16.2. The Morgan fingerprint density at radius 2 is 2.17 bits per heavy atom. The van der Waals surface area contributed by atoms with Gasteiger partial charge in [0.25, 0.3) is 5.91 Å². The molecule has 0 bridgehead atoms. The van der Waals surface area contributed by atoms with E-state index in [-0.39, 0.29) is 12.3 Å². The van der Waals surface area contributed by atoms with Gasteiger partial charge in [-0.15, -0.1) is 0 Å². The number of H-pyrrole nitrogens is 1. The molecule has 1 aromatic carbocycles. The zero-order chi connectivity index (χ0) is 16.8. The molecule has 1 aromatic heterocycles. The first-order valence-electron chi connectivity index (χ1n) is 8.00. The van der Waals surface area contributed by atoms with Crippen LogP contribution in [0.1, 0.15) is 23.2 Å². The Kier molecular flexibility index (Phi) is 3.30. The van der Waals surface area contributed by atoms with Gasteiger partial charge in [0.2, 0.25) is 5.91 Å². The number of aryl methyl sites for hydroxylation is 1. The summed E-state index contributed by atoms with van der Waals surface area (Å²) >= 11 is 0. The number of rotatable bonds is 2. The van der Waals surface area contributed by atoms with Gasteiger partial charge in [-0.1, -0.05) is 11.6 Å². The predicted octanol–water partition coefficient (Wildman–Crippen LogP) is 0.959. The van der Waals surface area contributed by atoms with E-state index in [1.54, 1.807) is 4.90 Å². The third kappa shape index (κ3) is 2.42. The van der Waals surface area contributed by atoms with E-state index in [1.807, 2.05) is 6.92 Å². The Morgan fingerprint density at radius 3 is 2.92 bits per heavy atom. The Hall–Kier alpha value is -2.83. The number of aromatic nitrogens is 1. The maximum atomic E-state index is 12.5. The first kappa shape index (κ1) is 14.7. The van der Waals surface area contributed by atoms with Gasteiger partial charge in [-0.25, -0.2) is 4.79 Å². The Labute approximate surface area is 138 Å². The van der Waals surface area contributed by atoms with Gasteiger partial charge in [-0.05, 0) is 19.1 Å². The van der Waals surface area contributed by atoms with Crippen molar-refractivity contribution >= 4 is 28.7 Å². The Morgan fingerprint density at radius 1 is 1.33 bits per heavy atom. The van der Waals surface area contributed by atoms with E-state index in [1.165, 1.54) is 11.3 Å². The lowest BCUT2D eigenvalue weighted by Gasteiger charge is -2.28. The quantitative estimate of drug-likeness (QED) is 0.718. The second kappa shape index (κ2) is 5.36. The van der Waals surface area contributed by atoms with Crippen LogP contribution >= 0.6 is 0 Å². The van der Waals surface area contributed by atoms with Crippen LogP contribution in [-0.4, -0.2) is 40.3 Å². The normalized spacial score (nSPS) is 20.0. The van der Waals surface area contributed by atoms with E-state index in [9.17, 15) is 14.4 Å². The zero-order valence-corrected chi connectivity index (χ0v) is 13.3. The van der Waals surface area contributed by atoms with Crippen molar-refractivity contribution in [1.82, 2.24) is 20.5 Å². The number of hydrogen-bond donors (Lipinski definition) is 3. The summed E-state index contributed by atoms with van der Waals surface area (Å²) in [5.74, 6) is -0.557. The SMILES string of the molecule is Cc1ccc2[nH]c3c(c2c1)CN(C(=O)C[C@@H]1NC(=O)NC1=O)CC3. The molecule has 0 saturated carbocycles. The summed E-state index contributed by atoms with van der Waals surface area (Å²) in [7, 11) is 0. The molecule has 0 radical (unpaired) electrons. The molecular weight excluding hydrogens is 308 g/mol. The van der Waals surface area contributed by atoms with Crippen LogP contribution in [0.2, 0.25) is 0 Å². The lowest BCUT2D eigenvalue weighted by Crippen LogP contribution is -2.41. The van der Waals surface area contributed by atoms with E-state index in [2.05, 4.69) is 33.8 Å². The highest BCUT2D eigenvalue weighted by molar-refractivity contribution is 6.05. The van der Waals surface area contributed by atoms with Crippen molar-refractivity contribution in [2.24, 2.45) is 0 Å². The molecule has 3 heterocycles. The fourth-order valence-corrected chi connectivity index (χ4v) is 3.45. The van der Waals surface area contributed by atoms with Gasteiger partial charge in [-0.2, -0.15) is 0 Å². The van der Waals surface area contributed by atoms with Gasteiger partial charge in [0.1, 0.15) is 6.04 Å². The van der Waals surface area contributed by atoms with Crippen LogP contribution in [0.5, 0.6) is 0 Å². The number of amides is 4. The molecule has 24 heavy (non-hydrogen) atoms. The molecule has 4 rings (SSSR count). The molecule has 4 amide bonds. The number of fused-ring (bicyclic) bond motifs is 3. The summed E-state index contributed by atoms with van der Waals surface area (Å²) in [5, 5.41) is 5.77. The first-order valence-corrected chi connectivity index (χ1v) is 8.00. The Bertz CT molecular complexity index is 870. The number of carbonyl (C=O) groups excluding carboxylic acids is 3. The summed E-state index contributed by atoms with van der Waals surface area (Å²) < 4.78 is 0. The van der Waals surface area contributed by atoms with Crippen molar-refractivity contribution in [3.8, 4) is 0 Å². The molecule has 3 N–H and O–H groups in total. The maximum absolute atomic E-state index is 12.5. The fraction of sp³-hybridized carbons (Fsp3) is 0.353. The number of aromatic amines is 1. The van der Waals surface area contributed by atoms with Crippen LogP contribution in [0, 0.1) is 6.92 Å². The molecule has 2 aliphatic heterocycles. The number of nitrogens with one attached hydrogen (secondary N) is 3. The van der Waals surface area contributed by atoms with Crippen LogP contribution < -0.4 is 10.6 Å². The number of benzene rings is 1. The molecule has 7 heteroatoms. The standard InChI is InChI=1S/C17H18N4O3/c1-9-2-3-12-10(6-9)11-8-21(5-4-13(11)18-12)15(22)7-14-16(23)20-17(24)19-14/h2-3,6,14,18H,4-5,7-8H2,1H3,(H2,19,20,23,24)/t14-/m0/s1. The minimum atomic E-state index is -0.767. The van der Waals surface area contributed by atoms with Crippen molar-refractivity contribution in [3.63, 3.8) is 0 Å². The molecule has 2 aliphatic rings. The van der Waals surface area contributed by atoms with Crippen LogP contribution in [0.3, 0.4) is 0 Å². The average Bonchev–Trinajstić information content (AvgIpc) is 3.06. The van der Waals surface area contributed by atoms with E-state index < -0.39 is 18.0 Å². The van der Waals surface area contributed by atoms with Crippen molar-refractivity contribution in [2.45, 2.75) is 32.4 Å². The molecule has 2 aromatic rings.